The number of fused-ring (bicyclic) bond motifs is 8. The molecule has 1 saturated carbocycles. The van der Waals surface area contributed by atoms with E-state index in [2.05, 4.69) is 32.9 Å². The summed E-state index contributed by atoms with van der Waals surface area (Å²) in [5.74, 6) is 1.63. The predicted molar refractivity (Wildman–Crippen MR) is 116 cm³/mol. The van der Waals surface area contributed by atoms with Gasteiger partial charge in [0.1, 0.15) is 28.3 Å². The number of hydrogen-bond acceptors (Lipinski definition) is 4. The summed E-state index contributed by atoms with van der Waals surface area (Å²) in [4.78, 5) is 13.3. The lowest BCUT2D eigenvalue weighted by molar-refractivity contribution is -0.0256. The van der Waals surface area contributed by atoms with E-state index in [1.165, 1.54) is 0 Å². The normalized spacial score (nSPS) is 28.2. The van der Waals surface area contributed by atoms with Gasteiger partial charge in [-0.2, -0.15) is 0 Å². The average Bonchev–Trinajstić information content (AvgIpc) is 2.71. The highest BCUT2D eigenvalue weighted by molar-refractivity contribution is 5.85. The standard InChI is InChI=1S/C26H24O4/c1-25(2)17-12-13-26(3)18(14-15-8-4-6-10-19(15)29-26)21(17)22-23(30-25)16-9-5-7-11-20(16)28-24(22)27/h4-11,14,17,21H,12-13H2,1-3H3/t17-,21-,26+/m1/s1. The third-order valence-electron chi connectivity index (χ3n) is 7.21. The molecule has 3 aromatic rings. The predicted octanol–water partition coefficient (Wildman–Crippen LogP) is 5.69. The van der Waals surface area contributed by atoms with Crippen molar-refractivity contribution in [3.05, 3.63) is 75.7 Å². The second-order valence-electron chi connectivity index (χ2n) is 9.43. The maximum atomic E-state index is 13.3. The Balaban J connectivity index is 1.67. The molecule has 1 aromatic heterocycles. The Morgan fingerprint density at radius 2 is 1.73 bits per heavy atom. The van der Waals surface area contributed by atoms with Crippen molar-refractivity contribution in [1.29, 1.82) is 0 Å². The molecule has 2 aromatic carbocycles. The molecule has 0 spiro atoms. The highest BCUT2D eigenvalue weighted by Crippen LogP contribution is 2.58. The van der Waals surface area contributed by atoms with E-state index < -0.39 is 11.2 Å². The van der Waals surface area contributed by atoms with Crippen LogP contribution in [0.4, 0.5) is 0 Å². The van der Waals surface area contributed by atoms with Crippen LogP contribution in [0.15, 0.2) is 63.3 Å². The van der Waals surface area contributed by atoms with Gasteiger partial charge in [-0.05, 0) is 63.5 Å². The smallest absolute Gasteiger partial charge is 0.343 e. The molecule has 1 aliphatic carbocycles. The van der Waals surface area contributed by atoms with Crippen LogP contribution in [0, 0.1) is 5.92 Å². The largest absolute Gasteiger partial charge is 0.486 e. The van der Waals surface area contributed by atoms with Crippen LogP contribution in [0.2, 0.25) is 0 Å². The molecule has 30 heavy (non-hydrogen) atoms. The van der Waals surface area contributed by atoms with Crippen molar-refractivity contribution in [2.24, 2.45) is 5.92 Å². The molecule has 0 saturated heterocycles. The maximum Gasteiger partial charge on any atom is 0.343 e. The van der Waals surface area contributed by atoms with E-state index in [0.29, 0.717) is 16.9 Å². The first kappa shape index (κ1) is 17.8. The Bertz CT molecular complexity index is 1280. The van der Waals surface area contributed by atoms with Crippen molar-refractivity contribution in [2.75, 3.05) is 0 Å². The van der Waals surface area contributed by atoms with Crippen molar-refractivity contribution in [3.8, 4) is 11.5 Å². The fourth-order valence-corrected chi connectivity index (χ4v) is 5.70. The molecule has 0 unspecified atom stereocenters. The Hall–Kier alpha value is -3.01. The zero-order valence-electron chi connectivity index (χ0n) is 17.4. The lowest BCUT2D eigenvalue weighted by atomic mass is 9.59. The molecular formula is C26H24O4. The van der Waals surface area contributed by atoms with Crippen molar-refractivity contribution < 1.29 is 13.9 Å². The Kier molecular flexibility index (Phi) is 3.43. The van der Waals surface area contributed by atoms with Gasteiger partial charge in [-0.25, -0.2) is 4.79 Å². The van der Waals surface area contributed by atoms with E-state index in [0.717, 1.165) is 35.1 Å². The molecule has 6 rings (SSSR count). The van der Waals surface area contributed by atoms with Gasteiger partial charge in [-0.1, -0.05) is 30.3 Å². The van der Waals surface area contributed by atoms with E-state index >= 15 is 0 Å². The average molecular weight is 400 g/mol. The van der Waals surface area contributed by atoms with Gasteiger partial charge in [0.15, 0.2) is 0 Å². The molecule has 3 heterocycles. The highest BCUT2D eigenvalue weighted by atomic mass is 16.5. The monoisotopic (exact) mass is 400 g/mol. The summed E-state index contributed by atoms with van der Waals surface area (Å²) in [6.07, 6.45) is 4.03. The van der Waals surface area contributed by atoms with Gasteiger partial charge in [0.2, 0.25) is 0 Å². The zero-order valence-corrected chi connectivity index (χ0v) is 17.4. The summed E-state index contributed by atoms with van der Waals surface area (Å²) in [5.41, 5.74) is 2.25. The molecule has 4 heteroatoms. The Labute approximate surface area is 175 Å². The van der Waals surface area contributed by atoms with Crippen LogP contribution >= 0.6 is 0 Å². The molecule has 4 nitrogen and oxygen atoms in total. The minimum Gasteiger partial charge on any atom is -0.486 e. The van der Waals surface area contributed by atoms with Crippen LogP contribution < -0.4 is 15.1 Å². The third kappa shape index (κ3) is 2.31. The molecule has 0 N–H and O–H groups in total. The van der Waals surface area contributed by atoms with Gasteiger partial charge in [0, 0.05) is 17.4 Å². The van der Waals surface area contributed by atoms with E-state index in [1.807, 2.05) is 42.5 Å². The number of ether oxygens (including phenoxy) is 2. The quantitative estimate of drug-likeness (QED) is 0.455. The van der Waals surface area contributed by atoms with Gasteiger partial charge in [0.05, 0.1) is 10.9 Å². The number of benzene rings is 2. The molecule has 1 fully saturated rings. The minimum atomic E-state index is -0.446. The molecule has 0 amide bonds. The SMILES string of the molecule is CC1(C)Oc2c(c(=O)oc3ccccc23)[C@H]2C3=Cc4ccccc4O[C@@]3(C)CC[C@H]21. The number of para-hydroxylation sites is 2. The third-order valence-corrected chi connectivity index (χ3v) is 7.21. The molecule has 3 atom stereocenters. The fourth-order valence-electron chi connectivity index (χ4n) is 5.70. The summed E-state index contributed by atoms with van der Waals surface area (Å²) in [6.45, 7) is 6.42. The summed E-state index contributed by atoms with van der Waals surface area (Å²) in [6, 6.07) is 15.7. The molecule has 2 aliphatic heterocycles. The molecule has 3 aliphatic rings. The van der Waals surface area contributed by atoms with Crippen LogP contribution in [0.3, 0.4) is 0 Å². The topological polar surface area (TPSA) is 48.7 Å². The number of hydrogen-bond donors (Lipinski definition) is 0. The van der Waals surface area contributed by atoms with E-state index in [-0.39, 0.29) is 17.5 Å². The molecule has 152 valence electrons. The van der Waals surface area contributed by atoms with Crippen LogP contribution in [-0.2, 0) is 0 Å². The van der Waals surface area contributed by atoms with E-state index in [1.54, 1.807) is 0 Å². The number of rotatable bonds is 0. The van der Waals surface area contributed by atoms with E-state index in [4.69, 9.17) is 13.9 Å². The first-order valence-corrected chi connectivity index (χ1v) is 10.6. The highest BCUT2D eigenvalue weighted by Gasteiger charge is 2.55. The Morgan fingerprint density at radius 1 is 0.967 bits per heavy atom. The van der Waals surface area contributed by atoms with E-state index in [9.17, 15) is 4.79 Å². The second kappa shape index (κ2) is 5.78. The van der Waals surface area contributed by atoms with Crippen LogP contribution in [0.25, 0.3) is 17.0 Å². The van der Waals surface area contributed by atoms with Crippen molar-refractivity contribution in [2.45, 2.75) is 50.7 Å². The molecular weight excluding hydrogens is 376 g/mol. The fraction of sp³-hybridized carbons (Fsp3) is 0.346. The van der Waals surface area contributed by atoms with Crippen LogP contribution in [0.1, 0.15) is 50.7 Å². The van der Waals surface area contributed by atoms with Gasteiger partial charge in [-0.3, -0.25) is 0 Å². The first-order chi connectivity index (χ1) is 14.4. The summed E-state index contributed by atoms with van der Waals surface area (Å²) >= 11 is 0. The van der Waals surface area contributed by atoms with Crippen molar-refractivity contribution >= 4 is 17.0 Å². The maximum absolute atomic E-state index is 13.3. The lowest BCUT2D eigenvalue weighted by Gasteiger charge is -2.53. The zero-order chi connectivity index (χ0) is 20.7. The molecule has 0 bridgehead atoms. The molecule has 0 radical (unpaired) electrons. The first-order valence-electron chi connectivity index (χ1n) is 10.6. The van der Waals surface area contributed by atoms with Gasteiger partial charge in [-0.15, -0.1) is 0 Å². The van der Waals surface area contributed by atoms with Crippen molar-refractivity contribution in [3.63, 3.8) is 0 Å². The second-order valence-corrected chi connectivity index (χ2v) is 9.43. The summed E-state index contributed by atoms with van der Waals surface area (Å²) < 4.78 is 18.8. The van der Waals surface area contributed by atoms with Gasteiger partial charge >= 0.3 is 5.63 Å². The lowest BCUT2D eigenvalue weighted by Crippen LogP contribution is -2.54. The Morgan fingerprint density at radius 3 is 2.60 bits per heavy atom. The summed E-state index contributed by atoms with van der Waals surface area (Å²) in [5, 5.41) is 0.851. The van der Waals surface area contributed by atoms with Crippen LogP contribution in [0.5, 0.6) is 11.5 Å². The van der Waals surface area contributed by atoms with Crippen LogP contribution in [-0.4, -0.2) is 11.2 Å². The minimum absolute atomic E-state index is 0.100. The summed E-state index contributed by atoms with van der Waals surface area (Å²) in [7, 11) is 0. The van der Waals surface area contributed by atoms with Crippen molar-refractivity contribution in [1.82, 2.24) is 0 Å². The van der Waals surface area contributed by atoms with Gasteiger partial charge < -0.3 is 13.9 Å². The van der Waals surface area contributed by atoms with Gasteiger partial charge in [0.25, 0.3) is 0 Å².